The molecular weight excluding hydrogens is 481 g/mol. The van der Waals surface area contributed by atoms with Crippen LogP contribution in [0.2, 0.25) is 0 Å². The molecule has 1 aliphatic rings. The molecule has 0 amide bonds. The predicted octanol–water partition coefficient (Wildman–Crippen LogP) is 3.07. The molecule has 1 fully saturated rings. The van der Waals surface area contributed by atoms with E-state index >= 15 is 0 Å². The van der Waals surface area contributed by atoms with E-state index in [9.17, 15) is 28.7 Å². The second-order valence-electron chi connectivity index (χ2n) is 8.95. The summed E-state index contributed by atoms with van der Waals surface area (Å²) in [7, 11) is 0. The Hall–Kier alpha value is -4.18. The van der Waals surface area contributed by atoms with Crippen molar-refractivity contribution >= 4 is 34.2 Å². The fourth-order valence-corrected chi connectivity index (χ4v) is 4.65. The number of fused-ring (bicyclic) bond motifs is 1. The number of hydrogen-bond donors (Lipinski definition) is 2. The third kappa shape index (κ3) is 5.97. The number of nitrogens with zero attached hydrogens (tertiary/aromatic N) is 3. The maximum Gasteiger partial charge on any atom is 0.339 e. The number of carbonyl (C=O) groups is 3. The minimum Gasteiger partial charge on any atom is -0.478 e. The Kier molecular flexibility index (Phi) is 7.88. The molecule has 1 saturated heterocycles. The highest BCUT2D eigenvalue weighted by Gasteiger charge is 2.26. The molecule has 9 nitrogen and oxygen atoms in total. The van der Waals surface area contributed by atoms with Crippen LogP contribution in [0, 0.1) is 11.7 Å². The summed E-state index contributed by atoms with van der Waals surface area (Å²) in [6, 6.07) is 12.1. The summed E-state index contributed by atoms with van der Waals surface area (Å²) in [5.74, 6) is -3.67. The number of ketones is 1. The second-order valence-corrected chi connectivity index (χ2v) is 8.95. The molecular formula is C27H26FN3O6. The molecule has 2 heterocycles. The zero-order valence-corrected chi connectivity index (χ0v) is 20.0. The summed E-state index contributed by atoms with van der Waals surface area (Å²) in [6.07, 6.45) is 2.34. The van der Waals surface area contributed by atoms with Crippen molar-refractivity contribution in [2.75, 3.05) is 19.6 Å². The number of halogens is 1. The van der Waals surface area contributed by atoms with E-state index < -0.39 is 23.1 Å². The van der Waals surface area contributed by atoms with Crippen LogP contribution in [-0.4, -0.2) is 62.0 Å². The van der Waals surface area contributed by atoms with Gasteiger partial charge in [-0.25, -0.2) is 19.0 Å². The van der Waals surface area contributed by atoms with Gasteiger partial charge in [0.05, 0.1) is 10.9 Å². The number of aliphatic carboxylic acids is 2. The lowest BCUT2D eigenvalue weighted by molar-refractivity contribution is -0.133. The maximum absolute atomic E-state index is 13.2. The van der Waals surface area contributed by atoms with E-state index in [1.165, 1.54) is 28.8 Å². The number of benzene rings is 2. The molecule has 3 aromatic rings. The Morgan fingerprint density at radius 3 is 2.32 bits per heavy atom. The first kappa shape index (κ1) is 25.9. The van der Waals surface area contributed by atoms with Gasteiger partial charge in [0.25, 0.3) is 5.56 Å². The lowest BCUT2D eigenvalue weighted by Gasteiger charge is -2.31. The van der Waals surface area contributed by atoms with E-state index in [1.807, 2.05) is 0 Å². The standard InChI is InChI=1S/C27H26FN3O6/c28-19-8-6-17(7-9-19)24(34)18-10-14-30(15-11-18)12-3-13-31-25(21(27(36)37)16-23(32)33)29-22-5-2-1-4-20(22)26(31)35/h1-2,4-9,16,18H,3,10-15H2,(H,32,33)(H,36,37). The zero-order chi connectivity index (χ0) is 26.5. The second kappa shape index (κ2) is 11.3. The van der Waals surface area contributed by atoms with Gasteiger partial charge >= 0.3 is 11.9 Å². The minimum atomic E-state index is -1.49. The van der Waals surface area contributed by atoms with Gasteiger partial charge in [0.2, 0.25) is 0 Å². The lowest BCUT2D eigenvalue weighted by Crippen LogP contribution is -2.37. The van der Waals surface area contributed by atoms with Gasteiger partial charge in [0.1, 0.15) is 11.4 Å². The average molecular weight is 508 g/mol. The Bertz CT molecular complexity index is 1420. The Morgan fingerprint density at radius 2 is 1.68 bits per heavy atom. The van der Waals surface area contributed by atoms with Crippen LogP contribution in [0.3, 0.4) is 0 Å². The van der Waals surface area contributed by atoms with Crippen molar-refractivity contribution in [1.29, 1.82) is 0 Å². The summed E-state index contributed by atoms with van der Waals surface area (Å²) >= 11 is 0. The van der Waals surface area contributed by atoms with Crippen molar-refractivity contribution in [3.8, 4) is 0 Å². The maximum atomic E-state index is 13.2. The molecule has 0 unspecified atom stereocenters. The quantitative estimate of drug-likeness (QED) is 0.334. The summed E-state index contributed by atoms with van der Waals surface area (Å²) in [5, 5.41) is 19.1. The Morgan fingerprint density at radius 1 is 1.00 bits per heavy atom. The van der Waals surface area contributed by atoms with Gasteiger partial charge < -0.3 is 15.1 Å². The topological polar surface area (TPSA) is 130 Å². The SMILES string of the molecule is O=C(O)C=C(C(=O)O)c1nc2ccccc2c(=O)n1CCCN1CCC(C(=O)c2ccc(F)cc2)CC1. The van der Waals surface area contributed by atoms with Crippen LogP contribution < -0.4 is 5.56 Å². The van der Waals surface area contributed by atoms with Crippen LogP contribution in [0.1, 0.15) is 35.4 Å². The van der Waals surface area contributed by atoms with Crippen molar-refractivity contribution in [1.82, 2.24) is 14.5 Å². The van der Waals surface area contributed by atoms with Crippen molar-refractivity contribution < 1.29 is 29.0 Å². The minimum absolute atomic E-state index is 0.00417. The number of piperidine rings is 1. The first-order valence-electron chi connectivity index (χ1n) is 11.9. The molecule has 2 aromatic carbocycles. The molecule has 1 aromatic heterocycles. The number of likely N-dealkylation sites (tertiary alicyclic amines) is 1. The first-order chi connectivity index (χ1) is 17.7. The highest BCUT2D eigenvalue weighted by molar-refractivity contribution is 6.18. The van der Waals surface area contributed by atoms with E-state index in [2.05, 4.69) is 9.88 Å². The fourth-order valence-electron chi connectivity index (χ4n) is 4.65. The molecule has 0 atom stereocenters. The third-order valence-electron chi connectivity index (χ3n) is 6.54. The monoisotopic (exact) mass is 507 g/mol. The molecule has 0 spiro atoms. The van der Waals surface area contributed by atoms with Gasteiger partial charge in [0, 0.05) is 24.1 Å². The molecule has 10 heteroatoms. The van der Waals surface area contributed by atoms with Crippen LogP contribution >= 0.6 is 0 Å². The number of carboxylic acids is 2. The highest BCUT2D eigenvalue weighted by Crippen LogP contribution is 2.22. The molecule has 4 rings (SSSR count). The summed E-state index contributed by atoms with van der Waals surface area (Å²) in [6.45, 7) is 2.09. The van der Waals surface area contributed by atoms with E-state index in [0.29, 0.717) is 55.9 Å². The molecule has 0 saturated carbocycles. The molecule has 2 N–H and O–H groups in total. The smallest absolute Gasteiger partial charge is 0.339 e. The summed E-state index contributed by atoms with van der Waals surface area (Å²) in [5.41, 5.74) is -0.236. The number of para-hydroxylation sites is 1. The molecule has 1 aliphatic heterocycles. The van der Waals surface area contributed by atoms with Gasteiger partial charge in [-0.2, -0.15) is 0 Å². The normalized spacial score (nSPS) is 15.1. The molecule has 0 aliphatic carbocycles. The summed E-state index contributed by atoms with van der Waals surface area (Å²) in [4.78, 5) is 55.5. The van der Waals surface area contributed by atoms with E-state index in [0.717, 1.165) is 0 Å². The van der Waals surface area contributed by atoms with E-state index in [4.69, 9.17) is 5.11 Å². The number of Topliss-reactive ketones (excluding diaryl/α,β-unsaturated/α-hetero) is 1. The Balaban J connectivity index is 1.46. The van der Waals surface area contributed by atoms with Crippen molar-refractivity contribution in [3.05, 3.63) is 82.2 Å². The zero-order valence-electron chi connectivity index (χ0n) is 20.0. The Labute approximate surface area is 211 Å². The van der Waals surface area contributed by atoms with Crippen LogP contribution in [0.15, 0.2) is 59.4 Å². The lowest BCUT2D eigenvalue weighted by atomic mass is 9.89. The third-order valence-corrected chi connectivity index (χ3v) is 6.54. The largest absolute Gasteiger partial charge is 0.478 e. The predicted molar refractivity (Wildman–Crippen MR) is 134 cm³/mol. The van der Waals surface area contributed by atoms with Crippen LogP contribution in [0.25, 0.3) is 16.5 Å². The fraction of sp³-hybridized carbons (Fsp3) is 0.296. The van der Waals surface area contributed by atoms with Gasteiger partial charge in [0.15, 0.2) is 11.6 Å². The molecule has 0 radical (unpaired) electrons. The van der Waals surface area contributed by atoms with Gasteiger partial charge in [-0.3, -0.25) is 14.2 Å². The van der Waals surface area contributed by atoms with Crippen LogP contribution in [0.4, 0.5) is 4.39 Å². The van der Waals surface area contributed by atoms with Crippen molar-refractivity contribution in [2.45, 2.75) is 25.8 Å². The van der Waals surface area contributed by atoms with Crippen LogP contribution in [-0.2, 0) is 16.1 Å². The van der Waals surface area contributed by atoms with E-state index in [-0.39, 0.29) is 35.4 Å². The van der Waals surface area contributed by atoms with Gasteiger partial charge in [-0.15, -0.1) is 0 Å². The average Bonchev–Trinajstić information content (AvgIpc) is 2.89. The number of hydrogen-bond acceptors (Lipinski definition) is 6. The summed E-state index contributed by atoms with van der Waals surface area (Å²) < 4.78 is 14.4. The van der Waals surface area contributed by atoms with Crippen molar-refractivity contribution in [3.63, 3.8) is 0 Å². The number of carboxylic acid groups (broad SMARTS) is 2. The van der Waals surface area contributed by atoms with Crippen molar-refractivity contribution in [2.24, 2.45) is 5.92 Å². The number of rotatable bonds is 9. The number of carbonyl (C=O) groups excluding carboxylic acids is 1. The number of aromatic nitrogens is 2. The van der Waals surface area contributed by atoms with Gasteiger partial charge in [-0.1, -0.05) is 12.1 Å². The molecule has 37 heavy (non-hydrogen) atoms. The first-order valence-corrected chi connectivity index (χ1v) is 11.9. The van der Waals surface area contributed by atoms with Crippen LogP contribution in [0.5, 0.6) is 0 Å². The molecule has 0 bridgehead atoms. The van der Waals surface area contributed by atoms with E-state index in [1.54, 1.807) is 24.3 Å². The van der Waals surface area contributed by atoms with Gasteiger partial charge in [-0.05, 0) is 75.3 Å². The molecule has 192 valence electrons. The highest BCUT2D eigenvalue weighted by atomic mass is 19.1.